The summed E-state index contributed by atoms with van der Waals surface area (Å²) in [5.41, 5.74) is 3.30. The standard InChI is InChI=1S/C38H77NO3SSi/c1-4-6-8-10-12-14-15-16-17-18-19-20-22-23-25-27-30-37-32-33-41-44(3,42-39-36-37)35-29-34-43-38(40)31-28-26-24-21-13-11-9-7-5-2/h37,39H,4-36H2,1-3H3. The fourth-order valence-corrected chi connectivity index (χ4v) is 9.59. The highest BCUT2D eigenvalue weighted by molar-refractivity contribution is 8.13. The predicted molar refractivity (Wildman–Crippen MR) is 198 cm³/mol. The van der Waals surface area contributed by atoms with E-state index >= 15 is 0 Å². The molecular weight excluding hydrogens is 579 g/mol. The molecule has 2 atom stereocenters. The van der Waals surface area contributed by atoms with E-state index in [1.807, 2.05) is 0 Å². The second-order valence-electron chi connectivity index (χ2n) is 14.1. The van der Waals surface area contributed by atoms with Gasteiger partial charge in [0.1, 0.15) is 0 Å². The monoisotopic (exact) mass is 656 g/mol. The van der Waals surface area contributed by atoms with E-state index in [1.54, 1.807) is 0 Å². The number of carbonyl (C=O) groups excluding carboxylic acids is 1. The Morgan fingerprint density at radius 1 is 0.659 bits per heavy atom. The second kappa shape index (κ2) is 31.7. The molecule has 0 radical (unpaired) electrons. The van der Waals surface area contributed by atoms with Crippen LogP contribution in [0.5, 0.6) is 0 Å². The minimum Gasteiger partial charge on any atom is -0.394 e. The van der Waals surface area contributed by atoms with Gasteiger partial charge in [-0.15, -0.1) is 0 Å². The molecule has 1 rings (SSSR count). The Hall–Kier alpha value is 0.117. The number of rotatable bonds is 31. The van der Waals surface area contributed by atoms with Crippen LogP contribution in [0.2, 0.25) is 12.6 Å². The lowest BCUT2D eigenvalue weighted by Crippen LogP contribution is -2.47. The van der Waals surface area contributed by atoms with E-state index in [-0.39, 0.29) is 0 Å². The van der Waals surface area contributed by atoms with E-state index in [9.17, 15) is 4.79 Å². The Bertz CT molecular complexity index is 613. The van der Waals surface area contributed by atoms with Gasteiger partial charge in [0.25, 0.3) is 0 Å². The van der Waals surface area contributed by atoms with Gasteiger partial charge >= 0.3 is 8.56 Å². The van der Waals surface area contributed by atoms with Crippen LogP contribution >= 0.6 is 11.8 Å². The van der Waals surface area contributed by atoms with E-state index in [2.05, 4.69) is 25.9 Å². The highest BCUT2D eigenvalue weighted by atomic mass is 32.2. The summed E-state index contributed by atoms with van der Waals surface area (Å²) in [6, 6.07) is 0.960. The summed E-state index contributed by atoms with van der Waals surface area (Å²) in [5.74, 6) is 1.56. The molecule has 1 heterocycles. The average molecular weight is 656 g/mol. The van der Waals surface area contributed by atoms with Gasteiger partial charge in [0.05, 0.1) is 0 Å². The molecule has 1 N–H and O–H groups in total. The zero-order valence-electron chi connectivity index (χ0n) is 30.0. The third-order valence-corrected chi connectivity index (χ3v) is 13.3. The molecular formula is C38H77NO3SSi. The minimum atomic E-state index is -2.19. The third-order valence-electron chi connectivity index (χ3n) is 9.58. The molecule has 0 aliphatic carbocycles. The van der Waals surface area contributed by atoms with Gasteiger partial charge < -0.3 is 8.95 Å². The van der Waals surface area contributed by atoms with E-state index in [1.165, 1.54) is 172 Å². The van der Waals surface area contributed by atoms with Crippen molar-refractivity contribution in [2.75, 3.05) is 18.9 Å². The Kier molecular flexibility index (Phi) is 30.4. The molecule has 1 aliphatic rings. The fourth-order valence-electron chi connectivity index (χ4n) is 6.47. The third kappa shape index (κ3) is 27.3. The zero-order chi connectivity index (χ0) is 31.8. The summed E-state index contributed by atoms with van der Waals surface area (Å²) in [4.78, 5) is 12.3. The second-order valence-corrected chi connectivity index (χ2v) is 18.5. The van der Waals surface area contributed by atoms with Crippen LogP contribution in [0.15, 0.2) is 0 Å². The van der Waals surface area contributed by atoms with Gasteiger partial charge in [-0.25, -0.2) is 5.48 Å². The predicted octanol–water partition coefficient (Wildman–Crippen LogP) is 12.8. The molecule has 1 saturated heterocycles. The number of hydroxylamine groups is 1. The van der Waals surface area contributed by atoms with Gasteiger partial charge in [0, 0.05) is 25.3 Å². The quantitative estimate of drug-likeness (QED) is 0.0595. The molecule has 0 amide bonds. The van der Waals surface area contributed by atoms with Crippen molar-refractivity contribution in [1.82, 2.24) is 5.48 Å². The number of hydrogen-bond acceptors (Lipinski definition) is 5. The highest BCUT2D eigenvalue weighted by Crippen LogP contribution is 2.23. The van der Waals surface area contributed by atoms with Gasteiger partial charge in [0.2, 0.25) is 0 Å². The van der Waals surface area contributed by atoms with Crippen molar-refractivity contribution in [1.29, 1.82) is 0 Å². The van der Waals surface area contributed by atoms with Gasteiger partial charge in [-0.1, -0.05) is 180 Å². The lowest BCUT2D eigenvalue weighted by molar-refractivity contribution is -0.111. The van der Waals surface area contributed by atoms with E-state index in [0.717, 1.165) is 50.6 Å². The van der Waals surface area contributed by atoms with Crippen LogP contribution in [0.3, 0.4) is 0 Å². The molecule has 262 valence electrons. The van der Waals surface area contributed by atoms with Crippen molar-refractivity contribution >= 4 is 25.4 Å². The Morgan fingerprint density at radius 2 is 1.11 bits per heavy atom. The maximum atomic E-state index is 12.3. The van der Waals surface area contributed by atoms with Crippen LogP contribution in [0.25, 0.3) is 0 Å². The van der Waals surface area contributed by atoms with Crippen molar-refractivity contribution < 1.29 is 13.7 Å². The Labute approximate surface area is 281 Å². The maximum Gasteiger partial charge on any atom is 0.355 e. The molecule has 1 fully saturated rings. The van der Waals surface area contributed by atoms with Gasteiger partial charge in [-0.2, -0.15) is 0 Å². The lowest BCUT2D eigenvalue weighted by Gasteiger charge is -2.31. The Balaban J connectivity index is 1.91. The molecule has 0 spiro atoms. The molecule has 6 heteroatoms. The van der Waals surface area contributed by atoms with E-state index in [4.69, 9.17) is 8.95 Å². The van der Waals surface area contributed by atoms with E-state index in [0.29, 0.717) is 11.0 Å². The summed E-state index contributed by atoms with van der Waals surface area (Å²) in [5, 5.41) is 0.370. The van der Waals surface area contributed by atoms with Crippen molar-refractivity contribution in [3.63, 3.8) is 0 Å². The van der Waals surface area contributed by atoms with Crippen LogP contribution < -0.4 is 5.48 Å². The zero-order valence-corrected chi connectivity index (χ0v) is 31.9. The molecule has 2 unspecified atom stereocenters. The van der Waals surface area contributed by atoms with Crippen molar-refractivity contribution in [2.24, 2.45) is 5.92 Å². The van der Waals surface area contributed by atoms with Crippen molar-refractivity contribution in [3.05, 3.63) is 0 Å². The Morgan fingerprint density at radius 3 is 1.61 bits per heavy atom. The molecule has 0 aromatic carbocycles. The molecule has 4 nitrogen and oxygen atoms in total. The first-order valence-electron chi connectivity index (χ1n) is 19.8. The smallest absolute Gasteiger partial charge is 0.355 e. The largest absolute Gasteiger partial charge is 0.394 e. The maximum absolute atomic E-state index is 12.3. The summed E-state index contributed by atoms with van der Waals surface area (Å²) in [6.45, 7) is 8.54. The number of hydrogen-bond donors (Lipinski definition) is 1. The summed E-state index contributed by atoms with van der Waals surface area (Å²) in [6.07, 6.45) is 38.7. The normalized spacial score (nSPS) is 19.2. The molecule has 0 bridgehead atoms. The van der Waals surface area contributed by atoms with Gasteiger partial charge in [-0.05, 0) is 44.2 Å². The fraction of sp³-hybridized carbons (Fsp3) is 0.974. The topological polar surface area (TPSA) is 47.6 Å². The first-order valence-corrected chi connectivity index (χ1v) is 23.3. The summed E-state index contributed by atoms with van der Waals surface area (Å²) >= 11 is 1.53. The number of thioether (sulfide) groups is 1. The minimum absolute atomic E-state index is 0.370. The SMILES string of the molecule is CCCCCCCCCCCCCCCCCCC1CCO[Si](C)(CCCSC(=O)CCCCCCCCCCC)ONC1. The average Bonchev–Trinajstić information content (AvgIpc) is 3.01. The number of carbonyl (C=O) groups is 1. The summed E-state index contributed by atoms with van der Waals surface area (Å²) < 4.78 is 12.5. The lowest BCUT2D eigenvalue weighted by atomic mass is 9.97. The molecule has 0 aromatic heterocycles. The highest BCUT2D eigenvalue weighted by Gasteiger charge is 2.33. The van der Waals surface area contributed by atoms with Crippen LogP contribution in [0.1, 0.15) is 200 Å². The van der Waals surface area contributed by atoms with Crippen LogP contribution in [-0.4, -0.2) is 32.6 Å². The first kappa shape index (κ1) is 42.1. The van der Waals surface area contributed by atoms with Crippen LogP contribution in [0.4, 0.5) is 0 Å². The van der Waals surface area contributed by atoms with Crippen molar-refractivity contribution in [3.8, 4) is 0 Å². The number of unbranched alkanes of at least 4 members (excludes halogenated alkanes) is 23. The molecule has 44 heavy (non-hydrogen) atoms. The molecule has 0 aromatic rings. The van der Waals surface area contributed by atoms with E-state index < -0.39 is 8.56 Å². The summed E-state index contributed by atoms with van der Waals surface area (Å²) in [7, 11) is -2.19. The van der Waals surface area contributed by atoms with Crippen molar-refractivity contribution in [2.45, 2.75) is 213 Å². The number of nitrogens with one attached hydrogen (secondary N) is 1. The van der Waals surface area contributed by atoms with Gasteiger partial charge in [-0.3, -0.25) is 4.79 Å². The van der Waals surface area contributed by atoms with Gasteiger partial charge in [0.15, 0.2) is 5.12 Å². The molecule has 0 saturated carbocycles. The first-order chi connectivity index (χ1) is 21.6. The molecule has 1 aliphatic heterocycles. The van der Waals surface area contributed by atoms with Crippen LogP contribution in [0, 0.1) is 5.92 Å². The van der Waals surface area contributed by atoms with Crippen LogP contribution in [-0.2, 0) is 13.7 Å².